The molecule has 19 heavy (non-hydrogen) atoms. The fourth-order valence-electron chi connectivity index (χ4n) is 2.49. The highest BCUT2D eigenvalue weighted by molar-refractivity contribution is 5.05. The molecule has 1 heteroatoms. The van der Waals surface area contributed by atoms with Gasteiger partial charge in [0.15, 0.2) is 12.4 Å². The second kappa shape index (κ2) is 11.0. The molecule has 0 saturated carbocycles. The van der Waals surface area contributed by atoms with Crippen LogP contribution in [0.5, 0.6) is 0 Å². The van der Waals surface area contributed by atoms with Gasteiger partial charge < -0.3 is 0 Å². The van der Waals surface area contributed by atoms with Crippen LogP contribution in [-0.2, 0) is 13.0 Å². The third kappa shape index (κ3) is 8.02. The van der Waals surface area contributed by atoms with Gasteiger partial charge in [-0.15, -0.1) is 0 Å². The van der Waals surface area contributed by atoms with Gasteiger partial charge >= 0.3 is 0 Å². The summed E-state index contributed by atoms with van der Waals surface area (Å²) < 4.78 is 2.35. The Labute approximate surface area is 120 Å². The molecule has 0 spiro atoms. The van der Waals surface area contributed by atoms with Gasteiger partial charge in [-0.3, -0.25) is 0 Å². The SMILES string of the molecule is CCCCCCCCCc1ccc[n+](CCCC)c1. The van der Waals surface area contributed by atoms with Crippen LogP contribution in [0.2, 0.25) is 0 Å². The summed E-state index contributed by atoms with van der Waals surface area (Å²) in [5.41, 5.74) is 1.51. The average Bonchev–Trinajstić information content (AvgIpc) is 2.44. The molecule has 0 fully saturated rings. The van der Waals surface area contributed by atoms with Crippen molar-refractivity contribution in [3.05, 3.63) is 30.1 Å². The quantitative estimate of drug-likeness (QED) is 0.387. The molecule has 1 aromatic rings. The average molecular weight is 262 g/mol. The lowest BCUT2D eigenvalue weighted by Crippen LogP contribution is -2.33. The Morgan fingerprint density at radius 1 is 0.842 bits per heavy atom. The van der Waals surface area contributed by atoms with Crippen LogP contribution >= 0.6 is 0 Å². The normalized spacial score (nSPS) is 10.8. The number of nitrogens with zero attached hydrogens (tertiary/aromatic N) is 1. The number of aryl methyl sites for hydroxylation is 2. The van der Waals surface area contributed by atoms with E-state index >= 15 is 0 Å². The monoisotopic (exact) mass is 262 g/mol. The van der Waals surface area contributed by atoms with Crippen molar-refractivity contribution < 1.29 is 4.57 Å². The number of hydrogen-bond acceptors (Lipinski definition) is 0. The number of rotatable bonds is 11. The predicted molar refractivity (Wildman–Crippen MR) is 83.2 cm³/mol. The summed E-state index contributed by atoms with van der Waals surface area (Å²) in [5.74, 6) is 0. The van der Waals surface area contributed by atoms with Crippen molar-refractivity contribution in [2.45, 2.75) is 84.6 Å². The van der Waals surface area contributed by atoms with Gasteiger partial charge in [-0.2, -0.15) is 0 Å². The van der Waals surface area contributed by atoms with Gasteiger partial charge in [-0.25, -0.2) is 4.57 Å². The summed E-state index contributed by atoms with van der Waals surface area (Å²) in [4.78, 5) is 0. The van der Waals surface area contributed by atoms with E-state index in [1.807, 2.05) is 0 Å². The second-order valence-electron chi connectivity index (χ2n) is 5.67. The highest BCUT2D eigenvalue weighted by Crippen LogP contribution is 2.09. The van der Waals surface area contributed by atoms with Gasteiger partial charge in [0, 0.05) is 18.1 Å². The van der Waals surface area contributed by atoms with Crippen LogP contribution in [0.15, 0.2) is 24.5 Å². The first kappa shape index (κ1) is 16.2. The molecule has 1 rings (SSSR count). The van der Waals surface area contributed by atoms with Crippen molar-refractivity contribution in [2.75, 3.05) is 0 Å². The summed E-state index contributed by atoms with van der Waals surface area (Å²) in [6.45, 7) is 5.70. The molecule has 108 valence electrons. The molecule has 1 heterocycles. The number of pyridine rings is 1. The summed E-state index contributed by atoms with van der Waals surface area (Å²) in [6.07, 6.45) is 18.1. The number of unbranched alkanes of at least 4 members (excludes halogenated alkanes) is 7. The fraction of sp³-hybridized carbons (Fsp3) is 0.722. The van der Waals surface area contributed by atoms with E-state index in [2.05, 4.69) is 42.9 Å². The van der Waals surface area contributed by atoms with Crippen LogP contribution in [0.3, 0.4) is 0 Å². The summed E-state index contributed by atoms with van der Waals surface area (Å²) in [7, 11) is 0. The van der Waals surface area contributed by atoms with Crippen LogP contribution in [0.25, 0.3) is 0 Å². The predicted octanol–water partition coefficient (Wildman–Crippen LogP) is 5.07. The Hall–Kier alpha value is -0.850. The Balaban J connectivity index is 2.14. The van der Waals surface area contributed by atoms with Crippen LogP contribution in [0.1, 0.15) is 77.2 Å². The molecule has 0 radical (unpaired) electrons. The molecule has 1 aromatic heterocycles. The molecule has 0 aliphatic rings. The van der Waals surface area contributed by atoms with E-state index in [0.717, 1.165) is 0 Å². The lowest BCUT2D eigenvalue weighted by molar-refractivity contribution is -0.697. The standard InChI is InChI=1S/C18H32N/c1-3-5-7-8-9-10-11-13-18-14-12-16-19(17-18)15-6-4-2/h12,14,16-17H,3-11,13,15H2,1-2H3/q+1. The number of hydrogen-bond donors (Lipinski definition) is 0. The molecule has 0 unspecified atom stereocenters. The highest BCUT2D eigenvalue weighted by atomic mass is 14.9. The van der Waals surface area contributed by atoms with E-state index in [-0.39, 0.29) is 0 Å². The molecular formula is C18H32N+. The molecule has 0 bridgehead atoms. The second-order valence-corrected chi connectivity index (χ2v) is 5.67. The van der Waals surface area contributed by atoms with E-state index in [0.29, 0.717) is 0 Å². The summed E-state index contributed by atoms with van der Waals surface area (Å²) in [6, 6.07) is 4.48. The molecule has 0 aromatic carbocycles. The first-order valence-corrected chi connectivity index (χ1v) is 8.34. The van der Waals surface area contributed by atoms with Crippen molar-refractivity contribution in [3.8, 4) is 0 Å². The van der Waals surface area contributed by atoms with Crippen LogP contribution < -0.4 is 4.57 Å². The summed E-state index contributed by atoms with van der Waals surface area (Å²) >= 11 is 0. The maximum atomic E-state index is 2.35. The van der Waals surface area contributed by atoms with Gasteiger partial charge in [0.05, 0.1) is 0 Å². The molecule has 0 N–H and O–H groups in total. The molecule has 0 aliphatic heterocycles. The molecular weight excluding hydrogens is 230 g/mol. The third-order valence-electron chi connectivity index (χ3n) is 3.76. The molecule has 0 saturated heterocycles. The Morgan fingerprint density at radius 3 is 2.26 bits per heavy atom. The minimum atomic E-state index is 1.17. The van der Waals surface area contributed by atoms with Gasteiger partial charge in [0.1, 0.15) is 6.54 Å². The Bertz CT molecular complexity index is 319. The van der Waals surface area contributed by atoms with Crippen molar-refractivity contribution in [1.29, 1.82) is 0 Å². The maximum absolute atomic E-state index is 2.35. The van der Waals surface area contributed by atoms with Crippen LogP contribution in [0, 0.1) is 0 Å². The molecule has 0 amide bonds. The van der Waals surface area contributed by atoms with Crippen LogP contribution in [-0.4, -0.2) is 0 Å². The van der Waals surface area contributed by atoms with E-state index in [1.165, 1.54) is 76.3 Å². The lowest BCUT2D eigenvalue weighted by Gasteiger charge is -2.02. The van der Waals surface area contributed by atoms with Gasteiger partial charge in [0.25, 0.3) is 0 Å². The minimum Gasteiger partial charge on any atom is -0.205 e. The topological polar surface area (TPSA) is 3.88 Å². The largest absolute Gasteiger partial charge is 0.205 e. The number of aromatic nitrogens is 1. The first-order valence-electron chi connectivity index (χ1n) is 8.34. The third-order valence-corrected chi connectivity index (χ3v) is 3.76. The van der Waals surface area contributed by atoms with Crippen molar-refractivity contribution >= 4 is 0 Å². The molecule has 0 atom stereocenters. The summed E-state index contributed by atoms with van der Waals surface area (Å²) in [5, 5.41) is 0. The Kier molecular flexibility index (Phi) is 9.40. The first-order chi connectivity index (χ1) is 9.36. The Morgan fingerprint density at radius 2 is 1.53 bits per heavy atom. The van der Waals surface area contributed by atoms with E-state index in [4.69, 9.17) is 0 Å². The minimum absolute atomic E-state index is 1.17. The van der Waals surface area contributed by atoms with Gasteiger partial charge in [-0.1, -0.05) is 58.8 Å². The van der Waals surface area contributed by atoms with Crippen molar-refractivity contribution in [3.63, 3.8) is 0 Å². The zero-order valence-corrected chi connectivity index (χ0v) is 13.0. The highest BCUT2D eigenvalue weighted by Gasteiger charge is 2.02. The fourth-order valence-corrected chi connectivity index (χ4v) is 2.49. The lowest BCUT2D eigenvalue weighted by atomic mass is 10.1. The smallest absolute Gasteiger partial charge is 0.171 e. The van der Waals surface area contributed by atoms with Crippen molar-refractivity contribution in [1.82, 2.24) is 0 Å². The van der Waals surface area contributed by atoms with E-state index in [9.17, 15) is 0 Å². The molecule has 1 nitrogen and oxygen atoms in total. The van der Waals surface area contributed by atoms with E-state index in [1.54, 1.807) is 0 Å². The van der Waals surface area contributed by atoms with Crippen molar-refractivity contribution in [2.24, 2.45) is 0 Å². The van der Waals surface area contributed by atoms with Gasteiger partial charge in [-0.05, 0) is 18.9 Å². The van der Waals surface area contributed by atoms with Gasteiger partial charge in [0.2, 0.25) is 0 Å². The zero-order chi connectivity index (χ0) is 13.8. The molecule has 0 aliphatic carbocycles. The zero-order valence-electron chi connectivity index (χ0n) is 13.0. The van der Waals surface area contributed by atoms with Crippen LogP contribution in [0.4, 0.5) is 0 Å². The van der Waals surface area contributed by atoms with E-state index < -0.39 is 0 Å². The maximum Gasteiger partial charge on any atom is 0.171 e.